The minimum absolute atomic E-state index is 0.421. The fourth-order valence-electron chi connectivity index (χ4n) is 6.68. The second-order valence-corrected chi connectivity index (χ2v) is 9.10. The van der Waals surface area contributed by atoms with Crippen molar-refractivity contribution < 1.29 is 0 Å². The number of rotatable bonds is 4. The van der Waals surface area contributed by atoms with Crippen LogP contribution in [0.3, 0.4) is 0 Å². The first-order chi connectivity index (χ1) is 10.5. The Morgan fingerprint density at radius 1 is 1.00 bits per heavy atom. The van der Waals surface area contributed by atoms with Gasteiger partial charge in [0.25, 0.3) is 0 Å². The van der Waals surface area contributed by atoms with Crippen LogP contribution in [0.5, 0.6) is 0 Å². The Morgan fingerprint density at radius 3 is 2.32 bits per heavy atom. The van der Waals surface area contributed by atoms with Gasteiger partial charge in [0.2, 0.25) is 0 Å². The lowest BCUT2D eigenvalue weighted by atomic mass is 9.43. The Hall–Kier alpha value is -1.08. The maximum absolute atomic E-state index is 3.96. The Bertz CT molecular complexity index is 555. The molecule has 2 unspecified atom stereocenters. The van der Waals surface area contributed by atoms with Gasteiger partial charge in [-0.2, -0.15) is 0 Å². The van der Waals surface area contributed by atoms with Crippen LogP contribution in [-0.4, -0.2) is 12.1 Å². The van der Waals surface area contributed by atoms with E-state index in [0.717, 1.165) is 12.5 Å². The minimum atomic E-state index is 0.421. The van der Waals surface area contributed by atoms with Gasteiger partial charge in [0, 0.05) is 12.1 Å². The number of benzene rings is 1. The van der Waals surface area contributed by atoms with Crippen LogP contribution in [-0.2, 0) is 0 Å². The molecular formula is C21H29N. The summed E-state index contributed by atoms with van der Waals surface area (Å²) in [5.74, 6) is 0.969. The average molecular weight is 295 g/mol. The number of hydrogen-bond acceptors (Lipinski definition) is 1. The molecule has 0 aromatic heterocycles. The summed E-state index contributed by atoms with van der Waals surface area (Å²) < 4.78 is 0. The maximum atomic E-state index is 3.96. The van der Waals surface area contributed by atoms with Crippen molar-refractivity contribution in [1.29, 1.82) is 0 Å². The van der Waals surface area contributed by atoms with Crippen molar-refractivity contribution in [3.8, 4) is 0 Å². The molecule has 0 aliphatic heterocycles. The molecule has 1 nitrogen and oxygen atoms in total. The van der Waals surface area contributed by atoms with Gasteiger partial charge in [-0.3, -0.25) is 0 Å². The van der Waals surface area contributed by atoms with Gasteiger partial charge < -0.3 is 5.32 Å². The first-order valence-corrected chi connectivity index (χ1v) is 8.95. The summed E-state index contributed by atoms with van der Waals surface area (Å²) in [7, 11) is 0. The summed E-state index contributed by atoms with van der Waals surface area (Å²) in [5, 5.41) is 3.96. The normalized spacial score (nSPS) is 43.1. The molecule has 4 aliphatic rings. The molecule has 5 rings (SSSR count). The fraction of sp³-hybridized carbons (Fsp3) is 0.619. The van der Waals surface area contributed by atoms with Crippen LogP contribution in [0, 0.1) is 16.7 Å². The van der Waals surface area contributed by atoms with Crippen LogP contribution in [0.15, 0.2) is 36.4 Å². The summed E-state index contributed by atoms with van der Waals surface area (Å²) in [5.41, 5.74) is 2.92. The molecule has 0 saturated heterocycles. The van der Waals surface area contributed by atoms with Crippen LogP contribution >= 0.6 is 0 Å². The van der Waals surface area contributed by atoms with E-state index in [4.69, 9.17) is 0 Å². The van der Waals surface area contributed by atoms with Crippen LogP contribution in [0.25, 0.3) is 6.08 Å². The number of nitrogens with one attached hydrogen (secondary N) is 1. The average Bonchev–Trinajstić information content (AvgIpc) is 2.41. The van der Waals surface area contributed by atoms with E-state index in [1.54, 1.807) is 0 Å². The van der Waals surface area contributed by atoms with Crippen LogP contribution in [0.4, 0.5) is 0 Å². The van der Waals surface area contributed by atoms with Gasteiger partial charge in [0.05, 0.1) is 0 Å². The molecule has 4 aliphatic carbocycles. The van der Waals surface area contributed by atoms with E-state index in [0.29, 0.717) is 16.4 Å². The molecular weight excluding hydrogens is 266 g/mol. The second kappa shape index (κ2) is 4.96. The topological polar surface area (TPSA) is 12.0 Å². The molecule has 22 heavy (non-hydrogen) atoms. The molecule has 0 radical (unpaired) electrons. The van der Waals surface area contributed by atoms with Crippen molar-refractivity contribution >= 4 is 6.08 Å². The molecule has 1 N–H and O–H groups in total. The van der Waals surface area contributed by atoms with E-state index in [1.165, 1.54) is 44.1 Å². The lowest BCUT2D eigenvalue weighted by Crippen LogP contribution is -2.64. The van der Waals surface area contributed by atoms with Crippen molar-refractivity contribution in [2.24, 2.45) is 16.7 Å². The van der Waals surface area contributed by atoms with Gasteiger partial charge in [-0.1, -0.05) is 56.3 Å². The van der Waals surface area contributed by atoms with Crippen LogP contribution in [0.1, 0.15) is 57.9 Å². The highest BCUT2D eigenvalue weighted by Crippen LogP contribution is 2.66. The quantitative estimate of drug-likeness (QED) is 0.820. The predicted molar refractivity (Wildman–Crippen MR) is 93.6 cm³/mol. The molecule has 4 atom stereocenters. The van der Waals surface area contributed by atoms with Gasteiger partial charge in [-0.25, -0.2) is 0 Å². The molecule has 1 aromatic rings. The highest BCUT2D eigenvalue weighted by Gasteiger charge is 2.59. The first kappa shape index (κ1) is 14.5. The van der Waals surface area contributed by atoms with Crippen molar-refractivity contribution in [2.45, 2.75) is 57.9 Å². The highest BCUT2D eigenvalue weighted by atomic mass is 15.0. The van der Waals surface area contributed by atoms with Gasteiger partial charge in [-0.05, 0) is 60.8 Å². The molecule has 0 amide bonds. The SMILES string of the molecule is C[C@]12CC3CC(NC/C=C/c4ccccc4)(C1)C[C@@](C)(C3)C2. The Labute approximate surface area is 135 Å². The summed E-state index contributed by atoms with van der Waals surface area (Å²) in [6.45, 7) is 6.10. The zero-order valence-electron chi connectivity index (χ0n) is 14.1. The van der Waals surface area contributed by atoms with E-state index in [2.05, 4.69) is 61.6 Å². The smallest absolute Gasteiger partial charge is 0.0197 e. The Morgan fingerprint density at radius 2 is 1.68 bits per heavy atom. The van der Waals surface area contributed by atoms with E-state index >= 15 is 0 Å². The van der Waals surface area contributed by atoms with Gasteiger partial charge in [0.1, 0.15) is 0 Å². The zero-order chi connectivity index (χ0) is 15.3. The van der Waals surface area contributed by atoms with Crippen molar-refractivity contribution in [1.82, 2.24) is 5.32 Å². The lowest BCUT2D eigenvalue weighted by molar-refractivity contribution is -0.116. The third-order valence-corrected chi connectivity index (χ3v) is 6.33. The van der Waals surface area contributed by atoms with Crippen LogP contribution < -0.4 is 5.32 Å². The molecule has 1 heteroatoms. The zero-order valence-corrected chi connectivity index (χ0v) is 14.1. The Balaban J connectivity index is 1.43. The van der Waals surface area contributed by atoms with Gasteiger partial charge in [0.15, 0.2) is 0 Å². The second-order valence-electron chi connectivity index (χ2n) is 9.10. The van der Waals surface area contributed by atoms with E-state index in [-0.39, 0.29) is 0 Å². The third kappa shape index (κ3) is 2.65. The molecule has 1 aromatic carbocycles. The molecule has 4 fully saturated rings. The molecule has 4 saturated carbocycles. The van der Waals surface area contributed by atoms with E-state index in [9.17, 15) is 0 Å². The lowest BCUT2D eigenvalue weighted by Gasteiger charge is -2.65. The van der Waals surface area contributed by atoms with E-state index in [1.807, 2.05) is 0 Å². The van der Waals surface area contributed by atoms with Crippen molar-refractivity contribution in [2.75, 3.05) is 6.54 Å². The monoisotopic (exact) mass is 295 g/mol. The fourth-order valence-corrected chi connectivity index (χ4v) is 6.68. The van der Waals surface area contributed by atoms with Gasteiger partial charge in [-0.15, -0.1) is 0 Å². The standard InChI is InChI=1S/C21H29N/c1-19-11-18-12-20(2,14-19)16-21(13-18,15-19)22-10-6-9-17-7-4-3-5-8-17/h3-9,18,22H,10-16H2,1-2H3/b9-6+/t18?,19-,20+,21?. The maximum Gasteiger partial charge on any atom is 0.0197 e. The summed E-state index contributed by atoms with van der Waals surface area (Å²) in [6, 6.07) is 10.6. The third-order valence-electron chi connectivity index (χ3n) is 6.33. The summed E-state index contributed by atoms with van der Waals surface area (Å²) >= 11 is 0. The Kier molecular flexibility index (Phi) is 3.27. The van der Waals surface area contributed by atoms with E-state index < -0.39 is 0 Å². The van der Waals surface area contributed by atoms with Crippen molar-refractivity contribution in [3.63, 3.8) is 0 Å². The summed E-state index contributed by atoms with van der Waals surface area (Å²) in [6.07, 6.45) is 13.2. The predicted octanol–water partition coefficient (Wildman–Crippen LogP) is 5.04. The molecule has 4 bridgehead atoms. The number of hydrogen-bond donors (Lipinski definition) is 1. The van der Waals surface area contributed by atoms with Crippen molar-refractivity contribution in [3.05, 3.63) is 42.0 Å². The highest BCUT2D eigenvalue weighted by molar-refractivity contribution is 5.48. The molecule has 0 heterocycles. The van der Waals surface area contributed by atoms with Crippen LogP contribution in [0.2, 0.25) is 0 Å². The molecule has 0 spiro atoms. The summed E-state index contributed by atoms with van der Waals surface area (Å²) in [4.78, 5) is 0. The molecule has 118 valence electrons. The largest absolute Gasteiger partial charge is 0.308 e. The minimum Gasteiger partial charge on any atom is -0.308 e. The van der Waals surface area contributed by atoms with Gasteiger partial charge >= 0.3 is 0 Å². The first-order valence-electron chi connectivity index (χ1n) is 8.95.